The third kappa shape index (κ3) is 3.13. The molecule has 26 heavy (non-hydrogen) atoms. The van der Waals surface area contributed by atoms with Crippen LogP contribution in [0.25, 0.3) is 0 Å². The molecule has 2 N–H and O–H groups in total. The lowest BCUT2D eigenvalue weighted by Crippen LogP contribution is -2.57. The molecule has 4 bridgehead atoms. The van der Waals surface area contributed by atoms with Crippen LogP contribution in [0.3, 0.4) is 0 Å². The monoisotopic (exact) mass is 374 g/mol. The van der Waals surface area contributed by atoms with Crippen molar-refractivity contribution in [3.8, 4) is 0 Å². The predicted molar refractivity (Wildman–Crippen MR) is 103 cm³/mol. The van der Waals surface area contributed by atoms with E-state index in [-0.39, 0.29) is 11.5 Å². The smallest absolute Gasteiger partial charge is 0.313 e. The molecule has 4 aliphatic rings. The van der Waals surface area contributed by atoms with Crippen LogP contribution in [-0.4, -0.2) is 17.9 Å². The van der Waals surface area contributed by atoms with Crippen LogP contribution in [0.1, 0.15) is 51.0 Å². The van der Waals surface area contributed by atoms with Crippen molar-refractivity contribution in [3.63, 3.8) is 0 Å². The van der Waals surface area contributed by atoms with E-state index in [1.54, 1.807) is 18.2 Å². The topological polar surface area (TPSA) is 58.2 Å². The Labute approximate surface area is 160 Å². The highest BCUT2D eigenvalue weighted by Crippen LogP contribution is 2.61. The summed E-state index contributed by atoms with van der Waals surface area (Å²) in [5.74, 6) is 1.30. The molecule has 0 saturated heterocycles. The van der Waals surface area contributed by atoms with Crippen LogP contribution in [-0.2, 0) is 9.59 Å². The van der Waals surface area contributed by atoms with Crippen molar-refractivity contribution in [1.82, 2.24) is 5.32 Å². The molecule has 1 aromatic carbocycles. The van der Waals surface area contributed by atoms with Crippen LogP contribution in [0.4, 0.5) is 5.69 Å². The van der Waals surface area contributed by atoms with Crippen LogP contribution in [0.2, 0.25) is 5.02 Å². The first kappa shape index (κ1) is 17.8. The van der Waals surface area contributed by atoms with E-state index in [1.165, 1.54) is 38.5 Å². The van der Waals surface area contributed by atoms with E-state index in [0.29, 0.717) is 10.7 Å². The van der Waals surface area contributed by atoms with Gasteiger partial charge in [0.1, 0.15) is 0 Å². The Morgan fingerprint density at radius 1 is 1.08 bits per heavy atom. The van der Waals surface area contributed by atoms with Gasteiger partial charge in [-0.15, -0.1) is 0 Å². The molecule has 4 nitrogen and oxygen atoms in total. The molecular formula is C21H27ClN2O2. The Hall–Kier alpha value is -1.55. The number of nitrogens with one attached hydrogen (secondary N) is 2. The fourth-order valence-electron chi connectivity index (χ4n) is 6.05. The Morgan fingerprint density at radius 2 is 1.65 bits per heavy atom. The van der Waals surface area contributed by atoms with Gasteiger partial charge in [0.2, 0.25) is 0 Å². The largest absolute Gasteiger partial charge is 0.345 e. The molecule has 4 saturated carbocycles. The molecule has 1 atom stereocenters. The maximum absolute atomic E-state index is 12.5. The van der Waals surface area contributed by atoms with Gasteiger partial charge in [0.15, 0.2) is 0 Å². The van der Waals surface area contributed by atoms with Crippen LogP contribution in [0.15, 0.2) is 18.2 Å². The van der Waals surface area contributed by atoms with E-state index in [0.717, 1.165) is 23.3 Å². The molecule has 0 heterocycles. The zero-order chi connectivity index (χ0) is 18.5. The molecule has 0 aliphatic heterocycles. The first-order valence-corrected chi connectivity index (χ1v) is 10.1. The lowest BCUT2D eigenvalue weighted by atomic mass is 9.48. The third-order valence-corrected chi connectivity index (χ3v) is 7.48. The Bertz CT molecular complexity index is 710. The maximum atomic E-state index is 12.5. The Kier molecular flexibility index (Phi) is 4.50. The van der Waals surface area contributed by atoms with Crippen molar-refractivity contribution >= 4 is 29.1 Å². The Balaban J connectivity index is 1.41. The van der Waals surface area contributed by atoms with Gasteiger partial charge < -0.3 is 10.6 Å². The summed E-state index contributed by atoms with van der Waals surface area (Å²) in [7, 11) is 0. The van der Waals surface area contributed by atoms with Gasteiger partial charge >= 0.3 is 11.8 Å². The lowest BCUT2D eigenvalue weighted by Gasteiger charge is -2.59. The summed E-state index contributed by atoms with van der Waals surface area (Å²) in [4.78, 5) is 24.9. The fraction of sp³-hybridized carbons (Fsp3) is 0.619. The normalized spacial score (nSPS) is 33.0. The highest BCUT2D eigenvalue weighted by Gasteiger charge is 2.53. The molecule has 1 aromatic rings. The van der Waals surface area contributed by atoms with Crippen molar-refractivity contribution in [2.75, 3.05) is 5.32 Å². The van der Waals surface area contributed by atoms with Crippen LogP contribution in [0, 0.1) is 30.1 Å². The standard InChI is InChI=1S/C21H27ClN2O2/c1-12-17(22)4-3-5-18(12)24-20(26)19(25)23-13(2)21-9-14-6-15(10-21)8-16(7-14)11-21/h3-5,13-16H,6-11H2,1-2H3,(H,23,25)(H,24,26). The van der Waals surface area contributed by atoms with E-state index in [1.807, 2.05) is 6.92 Å². The number of carbonyl (C=O) groups excluding carboxylic acids is 2. The maximum Gasteiger partial charge on any atom is 0.313 e. The van der Waals surface area contributed by atoms with E-state index >= 15 is 0 Å². The predicted octanol–water partition coefficient (Wildman–Crippen LogP) is 4.31. The second-order valence-electron chi connectivity index (χ2n) is 8.84. The molecule has 4 aliphatic carbocycles. The molecule has 0 radical (unpaired) electrons. The minimum atomic E-state index is -0.619. The summed E-state index contributed by atoms with van der Waals surface area (Å²) >= 11 is 6.09. The third-order valence-electron chi connectivity index (χ3n) is 7.07. The van der Waals surface area contributed by atoms with Gasteiger partial charge in [-0.3, -0.25) is 9.59 Å². The van der Waals surface area contributed by atoms with Crippen molar-refractivity contribution in [3.05, 3.63) is 28.8 Å². The SMILES string of the molecule is Cc1c(Cl)cccc1NC(=O)C(=O)NC(C)C12CC3CC(CC(C3)C1)C2. The van der Waals surface area contributed by atoms with Gasteiger partial charge in [0, 0.05) is 16.8 Å². The molecule has 0 spiro atoms. The van der Waals surface area contributed by atoms with Crippen molar-refractivity contribution in [2.24, 2.45) is 23.2 Å². The van der Waals surface area contributed by atoms with Crippen molar-refractivity contribution in [2.45, 2.75) is 58.4 Å². The average Bonchev–Trinajstić information content (AvgIpc) is 2.57. The van der Waals surface area contributed by atoms with E-state index < -0.39 is 11.8 Å². The van der Waals surface area contributed by atoms with Gasteiger partial charge in [-0.2, -0.15) is 0 Å². The summed E-state index contributed by atoms with van der Waals surface area (Å²) in [5.41, 5.74) is 1.54. The summed E-state index contributed by atoms with van der Waals surface area (Å²) < 4.78 is 0. The quantitative estimate of drug-likeness (QED) is 0.774. The molecule has 0 aromatic heterocycles. The molecular weight excluding hydrogens is 348 g/mol. The summed E-state index contributed by atoms with van der Waals surface area (Å²) in [6.45, 7) is 3.91. The van der Waals surface area contributed by atoms with Crippen LogP contribution in [0.5, 0.6) is 0 Å². The number of rotatable bonds is 3. The molecule has 1 unspecified atom stereocenters. The molecule has 4 fully saturated rings. The number of carbonyl (C=O) groups is 2. The van der Waals surface area contributed by atoms with Crippen molar-refractivity contribution in [1.29, 1.82) is 0 Å². The molecule has 140 valence electrons. The second-order valence-corrected chi connectivity index (χ2v) is 9.25. The summed E-state index contributed by atoms with van der Waals surface area (Å²) in [6.07, 6.45) is 7.72. The number of amides is 2. The van der Waals surface area contributed by atoms with Gasteiger partial charge in [0.25, 0.3) is 0 Å². The first-order valence-electron chi connectivity index (χ1n) is 9.73. The van der Waals surface area contributed by atoms with E-state index in [2.05, 4.69) is 17.6 Å². The summed E-state index contributed by atoms with van der Waals surface area (Å²) in [6, 6.07) is 5.33. The van der Waals surface area contributed by atoms with Crippen LogP contribution < -0.4 is 10.6 Å². The van der Waals surface area contributed by atoms with Crippen LogP contribution >= 0.6 is 11.6 Å². The average molecular weight is 375 g/mol. The van der Waals surface area contributed by atoms with Gasteiger partial charge in [0.05, 0.1) is 0 Å². The minimum Gasteiger partial charge on any atom is -0.345 e. The lowest BCUT2D eigenvalue weighted by molar-refractivity contribution is -0.138. The van der Waals surface area contributed by atoms with E-state index in [9.17, 15) is 9.59 Å². The highest BCUT2D eigenvalue weighted by molar-refractivity contribution is 6.40. The van der Waals surface area contributed by atoms with E-state index in [4.69, 9.17) is 11.6 Å². The number of anilines is 1. The number of benzene rings is 1. The number of hydrogen-bond acceptors (Lipinski definition) is 2. The summed E-state index contributed by atoms with van der Waals surface area (Å²) in [5, 5.41) is 6.28. The molecule has 5 heteroatoms. The highest BCUT2D eigenvalue weighted by atomic mass is 35.5. The van der Waals surface area contributed by atoms with Gasteiger partial charge in [-0.1, -0.05) is 17.7 Å². The molecule has 2 amide bonds. The molecule has 5 rings (SSSR count). The first-order chi connectivity index (χ1) is 12.4. The van der Waals surface area contributed by atoms with Crippen molar-refractivity contribution < 1.29 is 9.59 Å². The number of hydrogen-bond donors (Lipinski definition) is 2. The number of halogens is 1. The minimum absolute atomic E-state index is 0.0367. The van der Waals surface area contributed by atoms with Gasteiger partial charge in [-0.25, -0.2) is 0 Å². The van der Waals surface area contributed by atoms with Gasteiger partial charge in [-0.05, 0) is 93.2 Å². The fourth-order valence-corrected chi connectivity index (χ4v) is 6.22. The zero-order valence-corrected chi connectivity index (χ0v) is 16.2. The second kappa shape index (κ2) is 6.56. The Morgan fingerprint density at radius 3 is 2.23 bits per heavy atom. The zero-order valence-electron chi connectivity index (χ0n) is 15.5.